The summed E-state index contributed by atoms with van der Waals surface area (Å²) in [4.78, 5) is 22.6. The molecule has 2 fully saturated rings. The molecule has 1 aliphatic carbocycles. The number of amides is 1. The molecule has 0 radical (unpaired) electrons. The molecule has 2 rings (SSSR count). The summed E-state index contributed by atoms with van der Waals surface area (Å²) < 4.78 is 5.13. The van der Waals surface area contributed by atoms with Gasteiger partial charge < -0.3 is 10.1 Å². The Morgan fingerprint density at radius 1 is 1.75 bits per heavy atom. The molecule has 1 saturated heterocycles. The maximum absolute atomic E-state index is 11.4. The number of hydrogen-bond acceptors (Lipinski definition) is 4. The number of carbonyl (C=O) groups excluding carboxylic acids is 2. The van der Waals surface area contributed by atoms with Gasteiger partial charge in [0.15, 0.2) is 5.54 Å². The smallest absolute Gasteiger partial charge is 0.309 e. The second kappa shape index (κ2) is 3.63. The van der Waals surface area contributed by atoms with Gasteiger partial charge in [-0.3, -0.25) is 9.59 Å². The minimum atomic E-state index is -1.08. The van der Waals surface area contributed by atoms with Gasteiger partial charge in [-0.15, -0.1) is 0 Å². The van der Waals surface area contributed by atoms with Crippen molar-refractivity contribution in [2.45, 2.75) is 30.9 Å². The van der Waals surface area contributed by atoms with E-state index in [9.17, 15) is 14.9 Å². The Balaban J connectivity index is 2.22. The van der Waals surface area contributed by atoms with E-state index in [0.717, 1.165) is 6.08 Å². The van der Waals surface area contributed by atoms with Crippen LogP contribution in [0.1, 0.15) is 19.3 Å². The van der Waals surface area contributed by atoms with E-state index in [0.29, 0.717) is 19.3 Å². The summed E-state index contributed by atoms with van der Waals surface area (Å²) in [6.07, 6.45) is 2.14. The molecule has 0 aromatic heterocycles. The average Bonchev–Trinajstić information content (AvgIpc) is 2.61. The SMILES string of the molecule is C=CC(=O)NC1(C#N)CCC2CC1OC2=O. The van der Waals surface area contributed by atoms with Crippen molar-refractivity contribution in [2.24, 2.45) is 5.92 Å². The Morgan fingerprint density at radius 2 is 2.50 bits per heavy atom. The van der Waals surface area contributed by atoms with Crippen LogP contribution >= 0.6 is 0 Å². The van der Waals surface area contributed by atoms with Gasteiger partial charge >= 0.3 is 5.97 Å². The fraction of sp³-hybridized carbons (Fsp3) is 0.545. The molecule has 0 spiro atoms. The lowest BCUT2D eigenvalue weighted by Crippen LogP contribution is -2.56. The predicted molar refractivity (Wildman–Crippen MR) is 53.9 cm³/mol. The standard InChI is InChI=1S/C11H12N2O3/c1-2-9(14)13-11(6-12)4-3-7-5-8(11)16-10(7)15/h2,7-8H,1,3-5H2,(H,13,14). The molecule has 2 bridgehead atoms. The highest BCUT2D eigenvalue weighted by Crippen LogP contribution is 2.40. The lowest BCUT2D eigenvalue weighted by atomic mass is 9.77. The van der Waals surface area contributed by atoms with E-state index < -0.39 is 17.6 Å². The van der Waals surface area contributed by atoms with Gasteiger partial charge in [0, 0.05) is 6.42 Å². The van der Waals surface area contributed by atoms with Gasteiger partial charge in [-0.25, -0.2) is 0 Å². The van der Waals surface area contributed by atoms with Crippen LogP contribution in [0.15, 0.2) is 12.7 Å². The van der Waals surface area contributed by atoms with Crippen molar-refractivity contribution < 1.29 is 14.3 Å². The molecule has 0 aromatic carbocycles. The van der Waals surface area contributed by atoms with Crippen LogP contribution in [-0.2, 0) is 14.3 Å². The topological polar surface area (TPSA) is 79.2 Å². The summed E-state index contributed by atoms with van der Waals surface area (Å²) in [6, 6.07) is 2.07. The first-order chi connectivity index (χ1) is 7.61. The van der Waals surface area contributed by atoms with Crippen LogP contribution in [0.5, 0.6) is 0 Å². The number of fused-ring (bicyclic) bond motifs is 2. The number of ether oxygens (including phenoxy) is 1. The van der Waals surface area contributed by atoms with E-state index in [1.54, 1.807) is 0 Å². The number of esters is 1. The van der Waals surface area contributed by atoms with E-state index in [-0.39, 0.29) is 11.9 Å². The molecule has 1 heterocycles. The van der Waals surface area contributed by atoms with Crippen LogP contribution in [0, 0.1) is 17.2 Å². The van der Waals surface area contributed by atoms with Crippen LogP contribution in [0.2, 0.25) is 0 Å². The highest BCUT2D eigenvalue weighted by Gasteiger charge is 2.53. The normalized spacial score (nSPS) is 36.1. The zero-order valence-electron chi connectivity index (χ0n) is 8.73. The van der Waals surface area contributed by atoms with Crippen LogP contribution < -0.4 is 5.32 Å². The summed E-state index contributed by atoms with van der Waals surface area (Å²) >= 11 is 0. The van der Waals surface area contributed by atoms with Gasteiger partial charge in [-0.2, -0.15) is 5.26 Å². The summed E-state index contributed by atoms with van der Waals surface area (Å²) in [7, 11) is 0. The highest BCUT2D eigenvalue weighted by atomic mass is 16.6. The zero-order chi connectivity index (χ0) is 11.8. The van der Waals surface area contributed by atoms with Crippen molar-refractivity contribution in [3.63, 3.8) is 0 Å². The second-order valence-corrected chi connectivity index (χ2v) is 4.17. The largest absolute Gasteiger partial charge is 0.458 e. The fourth-order valence-corrected chi connectivity index (χ4v) is 2.31. The molecule has 5 heteroatoms. The van der Waals surface area contributed by atoms with Crippen LogP contribution in [0.25, 0.3) is 0 Å². The van der Waals surface area contributed by atoms with E-state index in [1.807, 2.05) is 0 Å². The molecule has 3 unspecified atom stereocenters. The molecular formula is C11H12N2O3. The molecule has 5 nitrogen and oxygen atoms in total. The summed E-state index contributed by atoms with van der Waals surface area (Å²) in [5.74, 6) is -0.773. The Bertz CT molecular complexity index is 399. The minimum Gasteiger partial charge on any atom is -0.458 e. The van der Waals surface area contributed by atoms with Crippen molar-refractivity contribution in [3.8, 4) is 6.07 Å². The van der Waals surface area contributed by atoms with Crippen molar-refractivity contribution in [2.75, 3.05) is 0 Å². The molecule has 1 N–H and O–H groups in total. The van der Waals surface area contributed by atoms with Crippen molar-refractivity contribution >= 4 is 11.9 Å². The Hall–Kier alpha value is -1.83. The molecule has 1 amide bonds. The fourth-order valence-electron chi connectivity index (χ4n) is 2.31. The first-order valence-electron chi connectivity index (χ1n) is 5.17. The molecule has 2 aliphatic rings. The number of carbonyl (C=O) groups is 2. The molecule has 1 aliphatic heterocycles. The average molecular weight is 220 g/mol. The minimum absolute atomic E-state index is 0.105. The molecule has 3 atom stereocenters. The zero-order valence-corrected chi connectivity index (χ0v) is 8.73. The lowest BCUT2D eigenvalue weighted by Gasteiger charge is -2.34. The van der Waals surface area contributed by atoms with Gasteiger partial charge in [0.05, 0.1) is 12.0 Å². The third-order valence-electron chi connectivity index (χ3n) is 3.26. The number of hydrogen-bond donors (Lipinski definition) is 1. The van der Waals surface area contributed by atoms with E-state index in [1.165, 1.54) is 0 Å². The Kier molecular flexibility index (Phi) is 2.43. The number of nitrogens with zero attached hydrogens (tertiary/aromatic N) is 1. The third-order valence-corrected chi connectivity index (χ3v) is 3.26. The van der Waals surface area contributed by atoms with Crippen molar-refractivity contribution in [3.05, 3.63) is 12.7 Å². The quantitative estimate of drug-likeness (QED) is 0.535. The second-order valence-electron chi connectivity index (χ2n) is 4.17. The first kappa shape index (κ1) is 10.7. The Morgan fingerprint density at radius 3 is 3.12 bits per heavy atom. The number of rotatable bonds is 2. The van der Waals surface area contributed by atoms with Gasteiger partial charge in [0.25, 0.3) is 0 Å². The lowest BCUT2D eigenvalue weighted by molar-refractivity contribution is -0.145. The predicted octanol–water partition coefficient (Wildman–Crippen LogP) is 0.276. The van der Waals surface area contributed by atoms with Gasteiger partial charge in [0.1, 0.15) is 6.10 Å². The van der Waals surface area contributed by atoms with Gasteiger partial charge in [0.2, 0.25) is 5.91 Å². The van der Waals surface area contributed by atoms with E-state index in [4.69, 9.17) is 4.74 Å². The maximum atomic E-state index is 11.4. The van der Waals surface area contributed by atoms with Crippen LogP contribution in [0.3, 0.4) is 0 Å². The third kappa shape index (κ3) is 1.47. The maximum Gasteiger partial charge on any atom is 0.309 e. The summed E-state index contributed by atoms with van der Waals surface area (Å²) in [5.41, 5.74) is -1.08. The van der Waals surface area contributed by atoms with Crippen LogP contribution in [0.4, 0.5) is 0 Å². The van der Waals surface area contributed by atoms with Crippen molar-refractivity contribution in [1.29, 1.82) is 5.26 Å². The molecule has 1 saturated carbocycles. The Labute approximate surface area is 93.1 Å². The monoisotopic (exact) mass is 220 g/mol. The van der Waals surface area contributed by atoms with E-state index in [2.05, 4.69) is 18.0 Å². The summed E-state index contributed by atoms with van der Waals surface area (Å²) in [5, 5.41) is 11.8. The molecule has 0 aromatic rings. The summed E-state index contributed by atoms with van der Waals surface area (Å²) in [6.45, 7) is 3.34. The molecule has 84 valence electrons. The number of nitriles is 1. The molecular weight excluding hydrogens is 208 g/mol. The number of nitrogens with one attached hydrogen (secondary N) is 1. The highest BCUT2D eigenvalue weighted by molar-refractivity contribution is 5.88. The molecule has 16 heavy (non-hydrogen) atoms. The van der Waals surface area contributed by atoms with Gasteiger partial charge in [-0.1, -0.05) is 6.58 Å². The first-order valence-corrected chi connectivity index (χ1v) is 5.17. The van der Waals surface area contributed by atoms with Crippen LogP contribution in [-0.4, -0.2) is 23.5 Å². The van der Waals surface area contributed by atoms with Crippen molar-refractivity contribution in [1.82, 2.24) is 5.32 Å². The van der Waals surface area contributed by atoms with E-state index >= 15 is 0 Å². The van der Waals surface area contributed by atoms with Gasteiger partial charge in [-0.05, 0) is 18.9 Å².